The number of benzene rings is 1. The number of rotatable bonds is 8. The first-order valence-corrected chi connectivity index (χ1v) is 9.35. The molecular formula is C19H17N5O3S. The molecule has 9 heteroatoms. The summed E-state index contributed by atoms with van der Waals surface area (Å²) in [5.41, 5.74) is 1.61. The average Bonchev–Trinajstić information content (AvgIpc) is 3.10. The SMILES string of the molecule is C=CCn1c(SCC(=O)c2ccc(C)c([N+](=O)[O-])c2)nnc1-c1ccncc1. The molecule has 142 valence electrons. The van der Waals surface area contributed by atoms with Crippen molar-refractivity contribution in [2.24, 2.45) is 0 Å². The number of hydrogen-bond donors (Lipinski definition) is 0. The highest BCUT2D eigenvalue weighted by atomic mass is 32.2. The number of allylic oxidation sites excluding steroid dienone is 1. The van der Waals surface area contributed by atoms with Gasteiger partial charge < -0.3 is 0 Å². The lowest BCUT2D eigenvalue weighted by molar-refractivity contribution is -0.385. The Morgan fingerprint density at radius 2 is 2.04 bits per heavy atom. The van der Waals surface area contributed by atoms with Crippen molar-refractivity contribution in [2.45, 2.75) is 18.6 Å². The lowest BCUT2D eigenvalue weighted by Crippen LogP contribution is -2.06. The zero-order valence-electron chi connectivity index (χ0n) is 15.1. The van der Waals surface area contributed by atoms with Gasteiger partial charge in [0.1, 0.15) is 0 Å². The van der Waals surface area contributed by atoms with Gasteiger partial charge in [0.05, 0.1) is 10.7 Å². The summed E-state index contributed by atoms with van der Waals surface area (Å²) in [6, 6.07) is 8.15. The summed E-state index contributed by atoms with van der Waals surface area (Å²) < 4.78 is 1.86. The van der Waals surface area contributed by atoms with Crippen LogP contribution in [0.25, 0.3) is 11.4 Å². The molecule has 0 aliphatic rings. The topological polar surface area (TPSA) is 104 Å². The largest absolute Gasteiger partial charge is 0.298 e. The molecule has 0 N–H and O–H groups in total. The van der Waals surface area contributed by atoms with E-state index in [4.69, 9.17) is 0 Å². The molecular weight excluding hydrogens is 378 g/mol. The first-order valence-electron chi connectivity index (χ1n) is 8.36. The maximum atomic E-state index is 12.5. The number of ketones is 1. The van der Waals surface area contributed by atoms with Crippen LogP contribution in [0.15, 0.2) is 60.5 Å². The van der Waals surface area contributed by atoms with E-state index in [0.717, 1.165) is 5.56 Å². The summed E-state index contributed by atoms with van der Waals surface area (Å²) in [4.78, 5) is 27.1. The van der Waals surface area contributed by atoms with Crippen LogP contribution in [0.3, 0.4) is 0 Å². The molecule has 0 aliphatic carbocycles. The third-order valence-electron chi connectivity index (χ3n) is 4.03. The Bertz CT molecular complexity index is 1030. The highest BCUT2D eigenvalue weighted by molar-refractivity contribution is 7.99. The molecule has 2 heterocycles. The number of nitro benzene ring substituents is 1. The minimum absolute atomic E-state index is 0.0642. The van der Waals surface area contributed by atoms with Crippen LogP contribution >= 0.6 is 11.8 Å². The highest BCUT2D eigenvalue weighted by Gasteiger charge is 2.18. The number of aromatic nitrogens is 4. The smallest absolute Gasteiger partial charge is 0.273 e. The number of Topliss-reactive ketones (excluding diaryl/α,β-unsaturated/α-hetero) is 1. The van der Waals surface area contributed by atoms with Crippen LogP contribution in [0.1, 0.15) is 15.9 Å². The maximum absolute atomic E-state index is 12.5. The van der Waals surface area contributed by atoms with Crippen LogP contribution < -0.4 is 0 Å². The van der Waals surface area contributed by atoms with Gasteiger partial charge in [-0.3, -0.25) is 24.5 Å². The number of nitrogens with zero attached hydrogens (tertiary/aromatic N) is 5. The monoisotopic (exact) mass is 395 g/mol. The van der Waals surface area contributed by atoms with Crippen LogP contribution in [-0.4, -0.2) is 36.2 Å². The van der Waals surface area contributed by atoms with Crippen molar-refractivity contribution in [3.05, 3.63) is 76.6 Å². The molecule has 0 atom stereocenters. The fourth-order valence-electron chi connectivity index (χ4n) is 2.60. The van der Waals surface area contributed by atoms with Gasteiger partial charge in [-0.2, -0.15) is 0 Å². The van der Waals surface area contributed by atoms with Crippen molar-refractivity contribution in [2.75, 3.05) is 5.75 Å². The molecule has 0 saturated heterocycles. The molecule has 2 aromatic heterocycles. The average molecular weight is 395 g/mol. The molecule has 8 nitrogen and oxygen atoms in total. The van der Waals surface area contributed by atoms with Crippen LogP contribution in [0.5, 0.6) is 0 Å². The van der Waals surface area contributed by atoms with Gasteiger partial charge in [-0.1, -0.05) is 30.0 Å². The summed E-state index contributed by atoms with van der Waals surface area (Å²) in [5.74, 6) is 0.529. The lowest BCUT2D eigenvalue weighted by Gasteiger charge is -2.07. The van der Waals surface area contributed by atoms with Gasteiger partial charge in [0.25, 0.3) is 5.69 Å². The van der Waals surface area contributed by atoms with Gasteiger partial charge in [-0.25, -0.2) is 0 Å². The highest BCUT2D eigenvalue weighted by Crippen LogP contribution is 2.25. The second-order valence-corrected chi connectivity index (χ2v) is 6.85. The van der Waals surface area contributed by atoms with Crippen LogP contribution in [0.4, 0.5) is 5.69 Å². The molecule has 0 unspecified atom stereocenters. The Labute approximate surface area is 165 Å². The van der Waals surface area contributed by atoms with Crippen molar-refractivity contribution >= 4 is 23.2 Å². The van der Waals surface area contributed by atoms with E-state index < -0.39 is 4.92 Å². The zero-order chi connectivity index (χ0) is 20.1. The number of aryl methyl sites for hydroxylation is 1. The summed E-state index contributed by atoms with van der Waals surface area (Å²) in [5, 5.41) is 20.1. The normalized spacial score (nSPS) is 10.6. The van der Waals surface area contributed by atoms with Gasteiger partial charge >= 0.3 is 0 Å². The second-order valence-electron chi connectivity index (χ2n) is 5.91. The summed E-state index contributed by atoms with van der Waals surface area (Å²) in [6.45, 7) is 5.88. The van der Waals surface area contributed by atoms with Gasteiger partial charge in [0.15, 0.2) is 16.8 Å². The Hall–Kier alpha value is -3.33. The zero-order valence-corrected chi connectivity index (χ0v) is 15.9. The van der Waals surface area contributed by atoms with Gasteiger partial charge in [-0.05, 0) is 19.1 Å². The van der Waals surface area contributed by atoms with Crippen LogP contribution in [0, 0.1) is 17.0 Å². The first-order chi connectivity index (χ1) is 13.5. The molecule has 0 fully saturated rings. The molecule has 0 saturated carbocycles. The number of pyridine rings is 1. The standard InChI is InChI=1S/C19H17N5O3S/c1-3-10-23-18(14-6-8-20-9-7-14)21-22-19(23)28-12-17(25)15-5-4-13(2)16(11-15)24(26)27/h3-9,11H,1,10,12H2,2H3. The fourth-order valence-corrected chi connectivity index (χ4v) is 3.44. The fraction of sp³-hybridized carbons (Fsp3) is 0.158. The Morgan fingerprint density at radius 1 is 1.29 bits per heavy atom. The van der Waals surface area contributed by atoms with E-state index in [1.165, 1.54) is 17.8 Å². The van der Waals surface area contributed by atoms with Gasteiger partial charge in [-0.15, -0.1) is 16.8 Å². The number of thioether (sulfide) groups is 1. The number of hydrogen-bond acceptors (Lipinski definition) is 7. The maximum Gasteiger partial charge on any atom is 0.273 e. The number of carbonyl (C=O) groups is 1. The molecule has 1 aromatic carbocycles. The number of carbonyl (C=O) groups excluding carboxylic acids is 1. The van der Waals surface area contributed by atoms with Gasteiger partial charge in [0, 0.05) is 41.7 Å². The van der Waals surface area contributed by atoms with E-state index in [9.17, 15) is 14.9 Å². The number of nitro groups is 1. The van der Waals surface area contributed by atoms with E-state index in [1.807, 2.05) is 16.7 Å². The van der Waals surface area contributed by atoms with Crippen LogP contribution in [-0.2, 0) is 6.54 Å². The van der Waals surface area contributed by atoms with Crippen LogP contribution in [0.2, 0.25) is 0 Å². The van der Waals surface area contributed by atoms with E-state index in [-0.39, 0.29) is 17.2 Å². The predicted octanol–water partition coefficient (Wildman–Crippen LogP) is 3.72. The Kier molecular flexibility index (Phi) is 5.95. The minimum atomic E-state index is -0.485. The van der Waals surface area contributed by atoms with Crippen molar-refractivity contribution < 1.29 is 9.72 Å². The van der Waals surface area contributed by atoms with E-state index in [1.54, 1.807) is 37.5 Å². The van der Waals surface area contributed by atoms with E-state index >= 15 is 0 Å². The van der Waals surface area contributed by atoms with Crippen molar-refractivity contribution in [3.63, 3.8) is 0 Å². The summed E-state index contributed by atoms with van der Waals surface area (Å²) >= 11 is 1.23. The molecule has 0 aliphatic heterocycles. The van der Waals surface area contributed by atoms with Crippen molar-refractivity contribution in [3.8, 4) is 11.4 Å². The quantitative estimate of drug-likeness (QED) is 0.188. The van der Waals surface area contributed by atoms with Crippen molar-refractivity contribution in [1.82, 2.24) is 19.7 Å². The Morgan fingerprint density at radius 3 is 2.71 bits per heavy atom. The second kappa shape index (κ2) is 8.57. The van der Waals surface area contributed by atoms with E-state index in [0.29, 0.717) is 28.7 Å². The molecule has 0 spiro atoms. The molecule has 3 rings (SSSR count). The van der Waals surface area contributed by atoms with Gasteiger partial charge in [0.2, 0.25) is 0 Å². The third-order valence-corrected chi connectivity index (χ3v) is 4.99. The lowest BCUT2D eigenvalue weighted by atomic mass is 10.1. The predicted molar refractivity (Wildman–Crippen MR) is 106 cm³/mol. The minimum Gasteiger partial charge on any atom is -0.298 e. The Balaban J connectivity index is 1.80. The molecule has 28 heavy (non-hydrogen) atoms. The van der Waals surface area contributed by atoms with E-state index in [2.05, 4.69) is 21.8 Å². The summed E-state index contributed by atoms with van der Waals surface area (Å²) in [7, 11) is 0. The molecule has 0 bridgehead atoms. The molecule has 0 amide bonds. The molecule has 0 radical (unpaired) electrons. The summed E-state index contributed by atoms with van der Waals surface area (Å²) in [6.07, 6.45) is 5.06. The van der Waals surface area contributed by atoms with Crippen molar-refractivity contribution in [1.29, 1.82) is 0 Å². The first kappa shape index (κ1) is 19.4. The third kappa shape index (κ3) is 4.15. The molecule has 3 aromatic rings.